The summed E-state index contributed by atoms with van der Waals surface area (Å²) < 4.78 is 6.35. The highest BCUT2D eigenvalue weighted by Crippen LogP contribution is 2.46. The van der Waals surface area contributed by atoms with Crippen molar-refractivity contribution < 1.29 is 29.1 Å². The molecule has 12 nitrogen and oxygen atoms in total. The highest BCUT2D eigenvalue weighted by atomic mass is 32.2. The Morgan fingerprint density at radius 3 is 2.86 bits per heavy atom. The van der Waals surface area contributed by atoms with E-state index in [0.29, 0.717) is 13.8 Å². The SMILES string of the molecule is Nc1nc(C(=NO)C(=O)NC2C(=O)N3C(C(=O)O)=C(Sc4cc(=O)c5occc5s4)CS[C@@H]23)cs1. The van der Waals surface area contributed by atoms with Crippen LogP contribution < -0.4 is 16.5 Å². The zero-order valence-corrected chi connectivity index (χ0v) is 20.4. The lowest BCUT2D eigenvalue weighted by Gasteiger charge is -2.49. The van der Waals surface area contributed by atoms with E-state index in [0.717, 1.165) is 28.0 Å². The maximum Gasteiger partial charge on any atom is 0.353 e. The Bertz CT molecular complexity index is 1510. The lowest BCUT2D eigenvalue weighted by Crippen LogP contribution is -2.71. The van der Waals surface area contributed by atoms with E-state index < -0.39 is 34.9 Å². The number of anilines is 1. The summed E-state index contributed by atoms with van der Waals surface area (Å²) in [5.74, 6) is -2.54. The monoisotopic (exact) mass is 551 g/mol. The number of nitrogen functional groups attached to an aromatic ring is 1. The zero-order valence-electron chi connectivity index (χ0n) is 17.2. The number of aromatic nitrogens is 1. The second kappa shape index (κ2) is 9.03. The van der Waals surface area contributed by atoms with Crippen molar-refractivity contribution in [3.05, 3.63) is 50.3 Å². The minimum absolute atomic E-state index is 0.0471. The summed E-state index contributed by atoms with van der Waals surface area (Å²) in [4.78, 5) is 55.2. The van der Waals surface area contributed by atoms with E-state index in [-0.39, 0.29) is 33.3 Å². The first-order chi connectivity index (χ1) is 16.8. The Hall–Kier alpha value is -3.34. The molecule has 2 amide bonds. The molecule has 180 valence electrons. The number of β-lactam (4-membered cyclic amide) rings is 1. The van der Waals surface area contributed by atoms with Gasteiger partial charge in [0.2, 0.25) is 5.43 Å². The van der Waals surface area contributed by atoms with Crippen LogP contribution in [0.4, 0.5) is 5.13 Å². The topological polar surface area (TPSA) is 188 Å². The van der Waals surface area contributed by atoms with Gasteiger partial charge < -0.3 is 25.8 Å². The van der Waals surface area contributed by atoms with E-state index in [1.54, 1.807) is 6.07 Å². The zero-order chi connectivity index (χ0) is 24.9. The maximum atomic E-state index is 12.9. The van der Waals surface area contributed by atoms with Crippen LogP contribution in [-0.2, 0) is 14.4 Å². The summed E-state index contributed by atoms with van der Waals surface area (Å²) in [6, 6.07) is 1.99. The number of thiazole rings is 1. The number of carboxylic acid groups (broad SMARTS) is 1. The highest BCUT2D eigenvalue weighted by molar-refractivity contribution is 8.07. The summed E-state index contributed by atoms with van der Waals surface area (Å²) in [6.45, 7) is 0. The number of nitrogens with one attached hydrogen (secondary N) is 1. The fraction of sp³-hybridized carbons (Fsp3) is 0.158. The smallest absolute Gasteiger partial charge is 0.353 e. The number of aliphatic carboxylic acids is 1. The van der Waals surface area contributed by atoms with E-state index in [1.807, 2.05) is 0 Å². The lowest BCUT2D eigenvalue weighted by atomic mass is 10.0. The number of thioether (sulfide) groups is 2. The minimum atomic E-state index is -1.30. The van der Waals surface area contributed by atoms with Crippen LogP contribution in [0.5, 0.6) is 0 Å². The number of carbonyl (C=O) groups excluding carboxylic acids is 2. The van der Waals surface area contributed by atoms with Gasteiger partial charge in [-0.05, 0) is 6.07 Å². The first kappa shape index (κ1) is 23.4. The van der Waals surface area contributed by atoms with E-state index in [9.17, 15) is 29.5 Å². The van der Waals surface area contributed by atoms with Gasteiger partial charge >= 0.3 is 5.97 Å². The average molecular weight is 552 g/mol. The van der Waals surface area contributed by atoms with E-state index in [4.69, 9.17) is 10.2 Å². The van der Waals surface area contributed by atoms with Crippen LogP contribution in [0.1, 0.15) is 5.69 Å². The van der Waals surface area contributed by atoms with Gasteiger partial charge in [-0.2, -0.15) is 0 Å². The van der Waals surface area contributed by atoms with Crippen molar-refractivity contribution in [3.63, 3.8) is 0 Å². The van der Waals surface area contributed by atoms with E-state index in [1.165, 1.54) is 40.8 Å². The normalized spacial score (nSPS) is 20.1. The molecule has 0 spiro atoms. The number of fused-ring (bicyclic) bond motifs is 2. The summed E-state index contributed by atoms with van der Waals surface area (Å²) in [5.41, 5.74) is 4.88. The Morgan fingerprint density at radius 1 is 1.37 bits per heavy atom. The fourth-order valence-electron chi connectivity index (χ4n) is 3.53. The molecule has 35 heavy (non-hydrogen) atoms. The Morgan fingerprint density at radius 2 is 2.17 bits per heavy atom. The standard InChI is InChI=1S/C19H13N5O7S4/c20-19-21-6(4-33-19)11(23-30)15(26)22-12-16(27)24-13(18(28)29)9(5-32-17(12)24)35-10-3-7(25)14-8(34-10)1-2-31-14/h1-4,12,17,30H,5H2,(H2,20,21)(H,22,26)(H,28,29)/t12?,17-/m0/s1. The number of furan rings is 1. The molecule has 1 saturated heterocycles. The summed E-state index contributed by atoms with van der Waals surface area (Å²) in [5, 5.41) is 25.5. The van der Waals surface area contributed by atoms with Crippen molar-refractivity contribution in [3.8, 4) is 0 Å². The van der Waals surface area contributed by atoms with Gasteiger partial charge in [0.15, 0.2) is 16.4 Å². The summed E-state index contributed by atoms with van der Waals surface area (Å²) in [7, 11) is 0. The van der Waals surface area contributed by atoms with Crippen LogP contribution >= 0.6 is 46.2 Å². The number of rotatable bonds is 6. The number of nitrogens with zero attached hydrogens (tertiary/aromatic N) is 3. The molecule has 5 heterocycles. The van der Waals surface area contributed by atoms with Crippen LogP contribution in [0, 0.1) is 0 Å². The predicted molar refractivity (Wildman–Crippen MR) is 131 cm³/mol. The van der Waals surface area contributed by atoms with Gasteiger partial charge in [0.05, 0.1) is 15.2 Å². The molecule has 0 bridgehead atoms. The van der Waals surface area contributed by atoms with E-state index in [2.05, 4.69) is 15.5 Å². The Balaban J connectivity index is 1.37. The van der Waals surface area contributed by atoms with E-state index >= 15 is 0 Å². The van der Waals surface area contributed by atoms with Crippen molar-refractivity contribution in [1.29, 1.82) is 0 Å². The summed E-state index contributed by atoms with van der Waals surface area (Å²) in [6.07, 6.45) is 1.41. The molecule has 2 atom stereocenters. The van der Waals surface area contributed by atoms with Gasteiger partial charge in [-0.25, -0.2) is 9.78 Å². The molecule has 3 aromatic rings. The van der Waals surface area contributed by atoms with Gasteiger partial charge in [-0.15, -0.1) is 34.4 Å². The molecular weight excluding hydrogens is 539 g/mol. The van der Waals surface area contributed by atoms with Crippen LogP contribution in [0.3, 0.4) is 0 Å². The Labute approximate surface area is 211 Å². The third-order valence-electron chi connectivity index (χ3n) is 5.04. The van der Waals surface area contributed by atoms with Gasteiger partial charge in [0.25, 0.3) is 11.8 Å². The number of oxime groups is 1. The highest BCUT2D eigenvalue weighted by Gasteiger charge is 2.54. The number of carboxylic acids is 1. The van der Waals surface area contributed by atoms with Gasteiger partial charge in [-0.1, -0.05) is 16.9 Å². The molecule has 0 saturated carbocycles. The molecule has 0 aliphatic carbocycles. The number of nitrogens with two attached hydrogens (primary N) is 1. The molecule has 1 fully saturated rings. The number of hydrogen-bond donors (Lipinski definition) is 4. The molecule has 0 radical (unpaired) electrons. The number of carbonyl (C=O) groups is 3. The van der Waals surface area contributed by atoms with Gasteiger partial charge in [0, 0.05) is 22.1 Å². The van der Waals surface area contributed by atoms with Gasteiger partial charge in [-0.3, -0.25) is 19.3 Å². The molecule has 1 unspecified atom stereocenters. The van der Waals surface area contributed by atoms with Crippen LogP contribution in [-0.4, -0.2) is 60.9 Å². The maximum absolute atomic E-state index is 12.9. The second-order valence-electron chi connectivity index (χ2n) is 7.10. The van der Waals surface area contributed by atoms with Crippen LogP contribution in [0.25, 0.3) is 10.3 Å². The van der Waals surface area contributed by atoms with Crippen molar-refractivity contribution >= 4 is 85.1 Å². The van der Waals surface area contributed by atoms with Crippen molar-refractivity contribution in [2.75, 3.05) is 11.5 Å². The number of amides is 2. The van der Waals surface area contributed by atoms with Crippen LogP contribution in [0.2, 0.25) is 0 Å². The quantitative estimate of drug-likeness (QED) is 0.151. The molecule has 5 rings (SSSR count). The van der Waals surface area contributed by atoms with Crippen molar-refractivity contribution in [2.45, 2.75) is 15.6 Å². The molecule has 16 heteroatoms. The third kappa shape index (κ3) is 4.07. The summed E-state index contributed by atoms with van der Waals surface area (Å²) >= 11 is 4.68. The third-order valence-corrected chi connectivity index (χ3v) is 9.44. The number of hydrogen-bond acceptors (Lipinski definition) is 13. The molecule has 3 aromatic heterocycles. The average Bonchev–Trinajstić information content (AvgIpc) is 3.47. The molecular formula is C19H13N5O7S4. The largest absolute Gasteiger partial charge is 0.477 e. The Kier molecular flexibility index (Phi) is 6.04. The minimum Gasteiger partial charge on any atom is -0.477 e. The van der Waals surface area contributed by atoms with Crippen LogP contribution in [0.15, 0.2) is 53.0 Å². The van der Waals surface area contributed by atoms with Gasteiger partial charge in [0.1, 0.15) is 22.8 Å². The first-order valence-electron chi connectivity index (χ1n) is 9.63. The molecule has 2 aliphatic rings. The van der Waals surface area contributed by atoms with Crippen molar-refractivity contribution in [2.24, 2.45) is 5.16 Å². The molecule has 5 N–H and O–H groups in total. The van der Waals surface area contributed by atoms with Crippen molar-refractivity contribution in [1.82, 2.24) is 15.2 Å². The second-order valence-corrected chi connectivity index (χ2v) is 11.6. The first-order valence-corrected chi connectivity index (χ1v) is 13.2. The lowest BCUT2D eigenvalue weighted by molar-refractivity contribution is -0.150. The molecule has 2 aliphatic heterocycles. The molecule has 0 aromatic carbocycles. The predicted octanol–water partition coefficient (Wildman–Crippen LogP) is 1.56. The fourth-order valence-corrected chi connectivity index (χ4v) is 7.89.